The number of rotatable bonds is 7. The molecule has 2 aliphatic rings. The summed E-state index contributed by atoms with van der Waals surface area (Å²) >= 11 is 0. The molecule has 2 fully saturated rings. The summed E-state index contributed by atoms with van der Waals surface area (Å²) in [6, 6.07) is 19.7. The van der Waals surface area contributed by atoms with Gasteiger partial charge >= 0.3 is 5.97 Å². The quantitative estimate of drug-likeness (QED) is 0.435. The van der Waals surface area contributed by atoms with E-state index in [-0.39, 0.29) is 11.4 Å². The Morgan fingerprint density at radius 1 is 1.03 bits per heavy atom. The smallest absolute Gasteiger partial charge is 0.302 e. The topological polar surface area (TPSA) is 54.9 Å². The Morgan fingerprint density at radius 3 is 2.44 bits per heavy atom. The fourth-order valence-electron chi connectivity index (χ4n) is 5.68. The largest absolute Gasteiger partial charge is 0.466 e. The van der Waals surface area contributed by atoms with E-state index in [0.29, 0.717) is 6.61 Å². The normalized spacial score (nSPS) is 18.3. The van der Waals surface area contributed by atoms with Gasteiger partial charge in [0.15, 0.2) is 0 Å². The molecule has 2 saturated heterocycles. The molecule has 0 amide bonds. The lowest BCUT2D eigenvalue weighted by atomic mass is 9.72. The van der Waals surface area contributed by atoms with Gasteiger partial charge in [-0.05, 0) is 42.8 Å². The first-order chi connectivity index (χ1) is 17.6. The van der Waals surface area contributed by atoms with E-state index in [9.17, 15) is 4.79 Å². The summed E-state index contributed by atoms with van der Waals surface area (Å²) in [6.45, 7) is 10.9. The number of aromatic nitrogens is 1. The molecule has 0 atom stereocenters. The van der Waals surface area contributed by atoms with E-state index in [1.165, 1.54) is 23.3 Å². The van der Waals surface area contributed by atoms with Crippen LogP contribution < -0.4 is 4.90 Å². The minimum absolute atomic E-state index is 0.0207. The maximum absolute atomic E-state index is 11.3. The molecular formula is C30H37N3O3. The van der Waals surface area contributed by atoms with Crippen molar-refractivity contribution in [1.29, 1.82) is 0 Å². The van der Waals surface area contributed by atoms with E-state index < -0.39 is 0 Å². The number of piperazine rings is 1. The number of nitrogens with zero attached hydrogens (tertiary/aromatic N) is 3. The Balaban J connectivity index is 1.44. The highest BCUT2D eigenvalue weighted by molar-refractivity contribution is 5.95. The van der Waals surface area contributed by atoms with Crippen LogP contribution in [0, 0.1) is 0 Å². The Bertz CT molecular complexity index is 1180. The van der Waals surface area contributed by atoms with Crippen molar-refractivity contribution in [3.05, 3.63) is 60.2 Å². The Hall–Kier alpha value is -2.96. The lowest BCUT2D eigenvalue weighted by molar-refractivity contribution is -0.141. The van der Waals surface area contributed by atoms with Crippen LogP contribution in [0.5, 0.6) is 0 Å². The zero-order valence-corrected chi connectivity index (χ0v) is 21.5. The van der Waals surface area contributed by atoms with E-state index in [0.717, 1.165) is 82.3 Å². The highest BCUT2D eigenvalue weighted by atomic mass is 16.5. The average molecular weight is 488 g/mol. The third kappa shape index (κ3) is 5.25. The van der Waals surface area contributed by atoms with Crippen LogP contribution in [-0.2, 0) is 19.7 Å². The number of carbonyl (C=O) groups is 1. The number of esters is 1. The molecule has 36 heavy (non-hydrogen) atoms. The first-order valence-corrected chi connectivity index (χ1v) is 13.3. The van der Waals surface area contributed by atoms with Crippen LogP contribution in [0.25, 0.3) is 22.0 Å². The fourth-order valence-corrected chi connectivity index (χ4v) is 5.68. The third-order valence-corrected chi connectivity index (χ3v) is 7.97. The average Bonchev–Trinajstić information content (AvgIpc) is 2.93. The summed E-state index contributed by atoms with van der Waals surface area (Å²) in [5, 5.41) is 2.44. The van der Waals surface area contributed by atoms with Crippen LogP contribution in [-0.4, -0.2) is 68.4 Å². The summed E-state index contributed by atoms with van der Waals surface area (Å²) in [6.07, 6.45) is 2.70. The molecule has 6 nitrogen and oxygen atoms in total. The lowest BCUT2D eigenvalue weighted by Crippen LogP contribution is -2.46. The number of anilines is 1. The van der Waals surface area contributed by atoms with Crippen LogP contribution in [0.1, 0.15) is 38.7 Å². The molecule has 0 bridgehead atoms. The molecule has 6 heteroatoms. The van der Waals surface area contributed by atoms with Crippen LogP contribution in [0.15, 0.2) is 54.6 Å². The van der Waals surface area contributed by atoms with E-state index in [2.05, 4.69) is 71.3 Å². The van der Waals surface area contributed by atoms with Gasteiger partial charge in [-0.15, -0.1) is 0 Å². The van der Waals surface area contributed by atoms with Gasteiger partial charge in [-0.2, -0.15) is 0 Å². The minimum atomic E-state index is -0.221. The zero-order valence-electron chi connectivity index (χ0n) is 21.5. The van der Waals surface area contributed by atoms with Crippen LogP contribution in [0.3, 0.4) is 0 Å². The van der Waals surface area contributed by atoms with Crippen LogP contribution in [0.4, 0.5) is 5.82 Å². The predicted molar refractivity (Wildman–Crippen MR) is 144 cm³/mol. The first-order valence-electron chi connectivity index (χ1n) is 13.3. The summed E-state index contributed by atoms with van der Waals surface area (Å²) in [5.74, 6) is 0.868. The van der Waals surface area contributed by atoms with Crippen molar-refractivity contribution >= 4 is 22.6 Å². The molecule has 0 spiro atoms. The van der Waals surface area contributed by atoms with Crippen molar-refractivity contribution in [1.82, 2.24) is 9.88 Å². The molecular weight excluding hydrogens is 450 g/mol. The molecule has 0 radical (unpaired) electrons. The second kappa shape index (κ2) is 11.0. The number of pyridine rings is 1. The number of hydrogen-bond donors (Lipinski definition) is 0. The zero-order chi connectivity index (χ0) is 25.0. The van der Waals surface area contributed by atoms with Crippen molar-refractivity contribution in [3.8, 4) is 11.3 Å². The lowest BCUT2D eigenvalue weighted by Gasteiger charge is -2.38. The van der Waals surface area contributed by atoms with E-state index in [1.54, 1.807) is 0 Å². The van der Waals surface area contributed by atoms with E-state index in [4.69, 9.17) is 14.5 Å². The predicted octanol–water partition coefficient (Wildman–Crippen LogP) is 5.05. The molecule has 2 aliphatic heterocycles. The molecule has 5 rings (SSSR count). The number of carbonyl (C=O) groups excluding carboxylic acids is 1. The van der Waals surface area contributed by atoms with Crippen molar-refractivity contribution in [2.45, 2.75) is 38.5 Å². The van der Waals surface area contributed by atoms with Gasteiger partial charge in [0.25, 0.3) is 0 Å². The van der Waals surface area contributed by atoms with Gasteiger partial charge < -0.3 is 19.3 Å². The standard InChI is InChI=1S/C30H37N3O3/c1-3-32-15-17-33(18-16-32)29-27-7-5-4-6-25(27)22-28(31-29)24-8-10-26(11-9-24)30(12-19-35-20-13-30)14-21-36-23(2)34/h4-11,22H,3,12-21H2,1-2H3. The number of hydrogen-bond acceptors (Lipinski definition) is 6. The van der Waals surface area contributed by atoms with Gasteiger partial charge in [0.1, 0.15) is 5.82 Å². The molecule has 3 aromatic rings. The second-order valence-corrected chi connectivity index (χ2v) is 10.0. The second-order valence-electron chi connectivity index (χ2n) is 10.0. The van der Waals surface area contributed by atoms with Gasteiger partial charge in [-0.1, -0.05) is 55.5 Å². The fraction of sp³-hybridized carbons (Fsp3) is 0.467. The summed E-state index contributed by atoms with van der Waals surface area (Å²) < 4.78 is 11.0. The van der Waals surface area contributed by atoms with Gasteiger partial charge in [-0.25, -0.2) is 4.98 Å². The Kier molecular flexibility index (Phi) is 7.54. The summed E-state index contributed by atoms with van der Waals surface area (Å²) in [4.78, 5) is 21.5. The van der Waals surface area contributed by atoms with Gasteiger partial charge in [0.2, 0.25) is 0 Å². The SMILES string of the molecule is CCN1CCN(c2nc(-c3ccc(C4(CCOC(C)=O)CCOCC4)cc3)cc3ccccc23)CC1. The minimum Gasteiger partial charge on any atom is -0.466 e. The highest BCUT2D eigenvalue weighted by Crippen LogP contribution is 2.39. The van der Waals surface area contributed by atoms with Gasteiger partial charge in [-0.3, -0.25) is 4.79 Å². The molecule has 3 heterocycles. The number of fused-ring (bicyclic) bond motifs is 1. The van der Waals surface area contributed by atoms with Crippen molar-refractivity contribution in [2.24, 2.45) is 0 Å². The Morgan fingerprint density at radius 2 is 1.75 bits per heavy atom. The molecule has 0 aliphatic carbocycles. The molecule has 0 N–H and O–H groups in total. The molecule has 190 valence electrons. The first kappa shape index (κ1) is 24.7. The monoisotopic (exact) mass is 487 g/mol. The molecule has 0 saturated carbocycles. The van der Waals surface area contributed by atoms with Crippen LogP contribution >= 0.6 is 0 Å². The molecule has 0 unspecified atom stereocenters. The van der Waals surface area contributed by atoms with E-state index in [1.807, 2.05) is 0 Å². The van der Waals surface area contributed by atoms with Gasteiger partial charge in [0, 0.05) is 62.7 Å². The van der Waals surface area contributed by atoms with Crippen molar-refractivity contribution in [3.63, 3.8) is 0 Å². The number of benzene rings is 2. The maximum Gasteiger partial charge on any atom is 0.302 e. The maximum atomic E-state index is 11.3. The molecule has 1 aromatic heterocycles. The summed E-state index contributed by atoms with van der Waals surface area (Å²) in [5.41, 5.74) is 3.40. The third-order valence-electron chi connectivity index (χ3n) is 7.97. The highest BCUT2D eigenvalue weighted by Gasteiger charge is 2.34. The number of ether oxygens (including phenoxy) is 2. The Labute approximate surface area is 214 Å². The summed E-state index contributed by atoms with van der Waals surface area (Å²) in [7, 11) is 0. The van der Waals surface area contributed by atoms with Gasteiger partial charge in [0.05, 0.1) is 12.3 Å². The van der Waals surface area contributed by atoms with Crippen molar-refractivity contribution in [2.75, 3.05) is 57.4 Å². The number of likely N-dealkylation sites (N-methyl/N-ethyl adjacent to an activating group) is 1. The van der Waals surface area contributed by atoms with Crippen LogP contribution in [0.2, 0.25) is 0 Å². The molecule has 2 aromatic carbocycles. The van der Waals surface area contributed by atoms with Crippen molar-refractivity contribution < 1.29 is 14.3 Å². The van der Waals surface area contributed by atoms with E-state index >= 15 is 0 Å².